The summed E-state index contributed by atoms with van der Waals surface area (Å²) in [5, 5.41) is 3.36. The molecule has 0 amide bonds. The van der Waals surface area contributed by atoms with E-state index in [0.717, 1.165) is 30.3 Å². The molecule has 0 saturated heterocycles. The van der Waals surface area contributed by atoms with E-state index >= 15 is 0 Å². The smallest absolute Gasteiger partial charge is 0.133 e. The maximum atomic E-state index is 4.66. The predicted molar refractivity (Wildman–Crippen MR) is 73.6 cm³/mol. The van der Waals surface area contributed by atoms with Crippen LogP contribution >= 0.6 is 0 Å². The molecule has 1 aromatic rings. The number of nitrogens with zero attached hydrogens (tertiary/aromatic N) is 2. The first-order valence-corrected chi connectivity index (χ1v) is 6.56. The molecule has 1 N–H and O–H groups in total. The number of aromatic nitrogens is 2. The van der Waals surface area contributed by atoms with E-state index in [4.69, 9.17) is 0 Å². The highest BCUT2D eigenvalue weighted by Crippen LogP contribution is 2.25. The fourth-order valence-electron chi connectivity index (χ4n) is 2.09. The highest BCUT2D eigenvalue weighted by molar-refractivity contribution is 5.48. The van der Waals surface area contributed by atoms with Gasteiger partial charge in [-0.2, -0.15) is 0 Å². The minimum atomic E-state index is 0.456. The van der Waals surface area contributed by atoms with Crippen LogP contribution in [0.5, 0.6) is 0 Å². The molecule has 1 heterocycles. The quantitative estimate of drug-likeness (QED) is 0.848. The largest absolute Gasteiger partial charge is 0.370 e. The van der Waals surface area contributed by atoms with Crippen molar-refractivity contribution in [1.29, 1.82) is 0 Å². The summed E-state index contributed by atoms with van der Waals surface area (Å²) in [6, 6.07) is 0. The van der Waals surface area contributed by atoms with Gasteiger partial charge < -0.3 is 5.32 Å². The summed E-state index contributed by atoms with van der Waals surface area (Å²) in [5.41, 5.74) is 2.36. The number of hydrogen-bond acceptors (Lipinski definition) is 3. The van der Waals surface area contributed by atoms with Crippen molar-refractivity contribution in [3.05, 3.63) is 17.1 Å². The number of hydrogen-bond donors (Lipinski definition) is 1. The van der Waals surface area contributed by atoms with E-state index in [9.17, 15) is 0 Å². The van der Waals surface area contributed by atoms with Crippen molar-refractivity contribution < 1.29 is 0 Å². The zero-order chi connectivity index (χ0) is 13.0. The lowest BCUT2D eigenvalue weighted by atomic mass is 10.0. The Kier molecular flexibility index (Phi) is 4.91. The Balaban J connectivity index is 3.15. The molecule has 0 aliphatic carbocycles. The van der Waals surface area contributed by atoms with Gasteiger partial charge in [0, 0.05) is 24.2 Å². The van der Waals surface area contributed by atoms with Crippen molar-refractivity contribution in [3.63, 3.8) is 0 Å². The minimum absolute atomic E-state index is 0.456. The molecule has 0 aromatic carbocycles. The van der Waals surface area contributed by atoms with Gasteiger partial charge in [-0.3, -0.25) is 0 Å². The third-order valence-corrected chi connectivity index (χ3v) is 2.69. The second-order valence-electron chi connectivity index (χ2n) is 5.27. The van der Waals surface area contributed by atoms with Crippen LogP contribution in [0, 0.1) is 12.8 Å². The molecule has 1 rings (SSSR count). The van der Waals surface area contributed by atoms with Crippen LogP contribution in [0.1, 0.15) is 57.6 Å². The van der Waals surface area contributed by atoms with Crippen LogP contribution in [0.15, 0.2) is 0 Å². The van der Waals surface area contributed by atoms with E-state index in [0.29, 0.717) is 11.8 Å². The summed E-state index contributed by atoms with van der Waals surface area (Å²) in [5.74, 6) is 3.02. The Bertz CT molecular complexity index is 370. The van der Waals surface area contributed by atoms with Gasteiger partial charge in [-0.1, -0.05) is 27.7 Å². The molecule has 0 saturated carbocycles. The van der Waals surface area contributed by atoms with Crippen molar-refractivity contribution in [3.8, 4) is 0 Å². The molecule has 0 bridgehead atoms. The van der Waals surface area contributed by atoms with E-state index < -0.39 is 0 Å². The van der Waals surface area contributed by atoms with Crippen molar-refractivity contribution in [2.24, 2.45) is 5.92 Å². The molecule has 3 heteroatoms. The van der Waals surface area contributed by atoms with Crippen LogP contribution in [0.3, 0.4) is 0 Å². The highest BCUT2D eigenvalue weighted by atomic mass is 15.0. The van der Waals surface area contributed by atoms with E-state index in [2.05, 4.69) is 56.8 Å². The van der Waals surface area contributed by atoms with E-state index in [1.807, 2.05) is 0 Å². The number of rotatable bonds is 5. The molecule has 3 nitrogen and oxygen atoms in total. The van der Waals surface area contributed by atoms with Crippen molar-refractivity contribution >= 4 is 5.82 Å². The molecule has 0 aliphatic rings. The van der Waals surface area contributed by atoms with Gasteiger partial charge >= 0.3 is 0 Å². The lowest BCUT2D eigenvalue weighted by molar-refractivity contribution is 0.617. The van der Waals surface area contributed by atoms with E-state index in [1.54, 1.807) is 0 Å². The summed E-state index contributed by atoms with van der Waals surface area (Å²) in [4.78, 5) is 9.29. The van der Waals surface area contributed by atoms with Gasteiger partial charge in [0.15, 0.2) is 0 Å². The number of anilines is 1. The molecule has 1 aromatic heterocycles. The minimum Gasteiger partial charge on any atom is -0.370 e. The maximum Gasteiger partial charge on any atom is 0.133 e. The molecule has 0 radical (unpaired) electrons. The molecule has 0 aliphatic heterocycles. The van der Waals surface area contributed by atoms with Crippen LogP contribution in [0.2, 0.25) is 0 Å². The molecular weight excluding hydrogens is 210 g/mol. The molecule has 17 heavy (non-hydrogen) atoms. The van der Waals surface area contributed by atoms with Gasteiger partial charge in [-0.15, -0.1) is 0 Å². The van der Waals surface area contributed by atoms with Gasteiger partial charge in [-0.05, 0) is 25.7 Å². The van der Waals surface area contributed by atoms with Crippen molar-refractivity contribution in [2.75, 3.05) is 11.9 Å². The summed E-state index contributed by atoms with van der Waals surface area (Å²) in [6.07, 6.45) is 0.942. The third-order valence-electron chi connectivity index (χ3n) is 2.69. The molecular formula is C14H25N3. The molecule has 0 spiro atoms. The molecule has 0 fully saturated rings. The van der Waals surface area contributed by atoms with Crippen molar-refractivity contribution in [1.82, 2.24) is 9.97 Å². The molecule has 96 valence electrons. The average molecular weight is 235 g/mol. The van der Waals surface area contributed by atoms with Crippen LogP contribution in [0.4, 0.5) is 5.82 Å². The summed E-state index contributed by atoms with van der Waals surface area (Å²) in [6.45, 7) is 13.9. The average Bonchev–Trinajstić information content (AvgIpc) is 2.15. The van der Waals surface area contributed by atoms with Gasteiger partial charge in [0.2, 0.25) is 0 Å². The molecule has 0 unspecified atom stereocenters. The van der Waals surface area contributed by atoms with E-state index in [1.165, 1.54) is 5.56 Å². The van der Waals surface area contributed by atoms with Crippen LogP contribution < -0.4 is 5.32 Å². The second-order valence-corrected chi connectivity index (χ2v) is 5.27. The maximum absolute atomic E-state index is 4.66. The Morgan fingerprint density at radius 1 is 1.12 bits per heavy atom. The highest BCUT2D eigenvalue weighted by Gasteiger charge is 2.14. The monoisotopic (exact) mass is 235 g/mol. The van der Waals surface area contributed by atoms with Gasteiger partial charge in [0.05, 0.1) is 0 Å². The lowest BCUT2D eigenvalue weighted by Crippen LogP contribution is -2.12. The van der Waals surface area contributed by atoms with Crippen LogP contribution in [0.25, 0.3) is 0 Å². The fourth-order valence-corrected chi connectivity index (χ4v) is 2.09. The van der Waals surface area contributed by atoms with Crippen molar-refractivity contribution in [2.45, 2.75) is 53.9 Å². The number of nitrogens with one attached hydrogen (secondary N) is 1. The Morgan fingerprint density at radius 3 is 2.24 bits per heavy atom. The Labute approximate surface area is 105 Å². The zero-order valence-corrected chi connectivity index (χ0v) is 12.0. The topological polar surface area (TPSA) is 37.8 Å². The van der Waals surface area contributed by atoms with Gasteiger partial charge in [0.25, 0.3) is 0 Å². The predicted octanol–water partition coefficient (Wildman–Crippen LogP) is 3.54. The first kappa shape index (κ1) is 13.9. The Hall–Kier alpha value is -1.12. The standard InChI is InChI=1S/C14H25N3/c1-7-15-14-13(10(4)5)11(6)16-12(17-14)8-9(2)3/h9-10H,7-8H2,1-6H3,(H,15,16,17). The summed E-state index contributed by atoms with van der Waals surface area (Å²) >= 11 is 0. The van der Waals surface area contributed by atoms with Gasteiger partial charge in [-0.25, -0.2) is 9.97 Å². The van der Waals surface area contributed by atoms with Crippen LogP contribution in [-0.2, 0) is 6.42 Å². The first-order chi connectivity index (χ1) is 7.95. The third kappa shape index (κ3) is 3.69. The summed E-state index contributed by atoms with van der Waals surface area (Å²) < 4.78 is 0. The zero-order valence-electron chi connectivity index (χ0n) is 12.0. The normalized spacial score (nSPS) is 11.3. The summed E-state index contributed by atoms with van der Waals surface area (Å²) in [7, 11) is 0. The second kappa shape index (κ2) is 5.99. The Morgan fingerprint density at radius 2 is 1.76 bits per heavy atom. The first-order valence-electron chi connectivity index (χ1n) is 6.56. The lowest BCUT2D eigenvalue weighted by Gasteiger charge is -2.17. The SMILES string of the molecule is CCNc1nc(CC(C)C)nc(C)c1C(C)C. The molecule has 0 atom stereocenters. The number of aryl methyl sites for hydroxylation is 1. The van der Waals surface area contributed by atoms with Gasteiger partial charge in [0.1, 0.15) is 11.6 Å². The fraction of sp³-hybridized carbons (Fsp3) is 0.714. The van der Waals surface area contributed by atoms with Crippen LogP contribution in [-0.4, -0.2) is 16.5 Å². The van der Waals surface area contributed by atoms with E-state index in [-0.39, 0.29) is 0 Å².